The number of carbonyl (C=O) groups is 2. The molecule has 0 radical (unpaired) electrons. The van der Waals surface area contributed by atoms with Gasteiger partial charge in [0.05, 0.1) is 30.0 Å². The zero-order valence-corrected chi connectivity index (χ0v) is 23.1. The first kappa shape index (κ1) is 28.6. The molecule has 0 aliphatic carbocycles. The lowest BCUT2D eigenvalue weighted by molar-refractivity contribution is -0.125. The van der Waals surface area contributed by atoms with Crippen LogP contribution < -0.4 is 10.2 Å². The smallest absolute Gasteiger partial charge is 0.227 e. The lowest BCUT2D eigenvalue weighted by Gasteiger charge is -2.30. The maximum atomic E-state index is 13.4. The SMILES string of the molecule is C=C1Cc2ccccc2CN(C(=O)CCC(=O)NCCC(C)(C)OCCC(C)(C)OC)c2ccccc21. The quantitative estimate of drug-likeness (QED) is 0.425. The lowest BCUT2D eigenvalue weighted by atomic mass is 9.92. The van der Waals surface area contributed by atoms with Gasteiger partial charge >= 0.3 is 0 Å². The van der Waals surface area contributed by atoms with Gasteiger partial charge in [0.25, 0.3) is 0 Å². The Hall–Kier alpha value is -2.96. The molecule has 0 atom stereocenters. The molecule has 0 aromatic heterocycles. The first-order chi connectivity index (χ1) is 17.5. The van der Waals surface area contributed by atoms with Crippen LogP contribution in [0.2, 0.25) is 0 Å². The van der Waals surface area contributed by atoms with Gasteiger partial charge in [-0.15, -0.1) is 0 Å². The van der Waals surface area contributed by atoms with Gasteiger partial charge in [-0.1, -0.05) is 49.0 Å². The number of nitrogens with zero attached hydrogens (tertiary/aromatic N) is 1. The first-order valence-electron chi connectivity index (χ1n) is 13.1. The van der Waals surface area contributed by atoms with Crippen LogP contribution in [0, 0.1) is 0 Å². The van der Waals surface area contributed by atoms with Crippen molar-refractivity contribution in [3.63, 3.8) is 0 Å². The molecule has 1 aliphatic rings. The fourth-order valence-electron chi connectivity index (χ4n) is 4.39. The molecule has 2 aromatic carbocycles. The number of nitrogens with one attached hydrogen (secondary N) is 1. The van der Waals surface area contributed by atoms with E-state index < -0.39 is 0 Å². The van der Waals surface area contributed by atoms with Gasteiger partial charge in [-0.25, -0.2) is 0 Å². The van der Waals surface area contributed by atoms with E-state index in [0.29, 0.717) is 26.1 Å². The van der Waals surface area contributed by atoms with E-state index in [1.807, 2.05) is 64.1 Å². The number of benzene rings is 2. The van der Waals surface area contributed by atoms with Gasteiger partial charge < -0.3 is 19.7 Å². The molecular formula is C31H42N2O4. The number of methoxy groups -OCH3 is 1. The number of anilines is 1. The Morgan fingerprint density at radius 2 is 1.62 bits per heavy atom. The summed E-state index contributed by atoms with van der Waals surface area (Å²) in [6.07, 6.45) is 2.50. The minimum atomic E-state index is -0.364. The lowest BCUT2D eigenvalue weighted by Crippen LogP contribution is -2.36. The molecule has 0 fully saturated rings. The minimum Gasteiger partial charge on any atom is -0.379 e. The molecule has 0 unspecified atom stereocenters. The molecule has 2 aromatic rings. The Labute approximate surface area is 222 Å². The van der Waals surface area contributed by atoms with E-state index in [1.165, 1.54) is 5.56 Å². The van der Waals surface area contributed by atoms with Gasteiger partial charge in [0.1, 0.15) is 0 Å². The van der Waals surface area contributed by atoms with E-state index in [2.05, 4.69) is 24.0 Å². The van der Waals surface area contributed by atoms with E-state index in [0.717, 1.165) is 35.2 Å². The predicted octanol–water partition coefficient (Wildman–Crippen LogP) is 5.69. The number of para-hydroxylation sites is 1. The van der Waals surface area contributed by atoms with Gasteiger partial charge in [0.15, 0.2) is 0 Å². The Morgan fingerprint density at radius 3 is 2.35 bits per heavy atom. The third kappa shape index (κ3) is 8.27. The van der Waals surface area contributed by atoms with E-state index in [-0.39, 0.29) is 35.9 Å². The van der Waals surface area contributed by atoms with Crippen LogP contribution in [0.15, 0.2) is 55.1 Å². The van der Waals surface area contributed by atoms with Crippen molar-refractivity contribution in [3.8, 4) is 0 Å². The average Bonchev–Trinajstić information content (AvgIpc) is 2.85. The first-order valence-corrected chi connectivity index (χ1v) is 13.1. The summed E-state index contributed by atoms with van der Waals surface area (Å²) >= 11 is 0. The number of fused-ring (bicyclic) bond motifs is 2. The molecule has 1 N–H and O–H groups in total. The van der Waals surface area contributed by atoms with Crippen molar-refractivity contribution in [1.82, 2.24) is 5.32 Å². The van der Waals surface area contributed by atoms with Crippen LogP contribution in [0.5, 0.6) is 0 Å². The minimum absolute atomic E-state index is 0.0727. The summed E-state index contributed by atoms with van der Waals surface area (Å²) in [4.78, 5) is 27.8. The van der Waals surface area contributed by atoms with E-state index >= 15 is 0 Å². The molecule has 37 heavy (non-hydrogen) atoms. The Kier molecular flexibility index (Phi) is 9.68. The molecular weight excluding hydrogens is 464 g/mol. The van der Waals surface area contributed by atoms with Crippen LogP contribution in [0.1, 0.15) is 70.1 Å². The molecule has 200 valence electrons. The van der Waals surface area contributed by atoms with Crippen LogP contribution in [0.3, 0.4) is 0 Å². The highest BCUT2D eigenvalue weighted by Gasteiger charge is 2.25. The van der Waals surface area contributed by atoms with E-state index in [1.54, 1.807) is 12.0 Å². The summed E-state index contributed by atoms with van der Waals surface area (Å²) in [5.41, 5.74) is 4.50. The van der Waals surface area contributed by atoms with Crippen molar-refractivity contribution in [2.24, 2.45) is 0 Å². The maximum absolute atomic E-state index is 13.4. The molecule has 3 rings (SSSR count). The van der Waals surface area contributed by atoms with Crippen molar-refractivity contribution in [1.29, 1.82) is 0 Å². The molecule has 0 spiro atoms. The van der Waals surface area contributed by atoms with Crippen molar-refractivity contribution >= 4 is 23.1 Å². The van der Waals surface area contributed by atoms with Crippen LogP contribution in [0.4, 0.5) is 5.69 Å². The van der Waals surface area contributed by atoms with E-state index in [9.17, 15) is 9.59 Å². The standard InChI is InChI=1S/C31H42N2O4/c1-23-21-24-11-7-8-12-25(24)22-33(27-14-10-9-13-26(23)27)29(35)16-15-28(34)32-19-17-31(4,5)37-20-18-30(2,3)36-6/h7-14H,1,15-22H2,2-6H3,(H,32,34). The summed E-state index contributed by atoms with van der Waals surface area (Å²) in [6.45, 7) is 14.0. The number of rotatable bonds is 11. The van der Waals surface area contributed by atoms with Crippen molar-refractivity contribution in [3.05, 3.63) is 71.8 Å². The highest BCUT2D eigenvalue weighted by atomic mass is 16.5. The summed E-state index contributed by atoms with van der Waals surface area (Å²) in [5.74, 6) is -0.202. The van der Waals surface area contributed by atoms with Crippen LogP contribution in [0.25, 0.3) is 5.57 Å². The molecule has 6 nitrogen and oxygen atoms in total. The number of ether oxygens (including phenoxy) is 2. The fraction of sp³-hybridized carbons (Fsp3) is 0.484. The van der Waals surface area contributed by atoms with Crippen LogP contribution in [-0.4, -0.2) is 43.3 Å². The highest BCUT2D eigenvalue weighted by Crippen LogP contribution is 2.34. The normalized spacial score (nSPS) is 13.9. The fourth-order valence-corrected chi connectivity index (χ4v) is 4.39. The third-order valence-electron chi connectivity index (χ3n) is 7.09. The number of carbonyl (C=O) groups excluding carboxylic acids is 2. The molecule has 1 heterocycles. The predicted molar refractivity (Wildman–Crippen MR) is 149 cm³/mol. The number of allylic oxidation sites excluding steroid dienone is 1. The van der Waals surface area contributed by atoms with Crippen LogP contribution >= 0.6 is 0 Å². The van der Waals surface area contributed by atoms with Crippen LogP contribution in [-0.2, 0) is 32.0 Å². The van der Waals surface area contributed by atoms with Crippen molar-refractivity contribution in [2.75, 3.05) is 25.2 Å². The molecule has 0 saturated carbocycles. The van der Waals surface area contributed by atoms with E-state index in [4.69, 9.17) is 9.47 Å². The summed E-state index contributed by atoms with van der Waals surface area (Å²) in [5, 5.41) is 2.95. The molecule has 6 heteroatoms. The number of hydrogen-bond donors (Lipinski definition) is 1. The second-order valence-electron chi connectivity index (χ2n) is 11.0. The topological polar surface area (TPSA) is 67.9 Å². The summed E-state index contributed by atoms with van der Waals surface area (Å²) < 4.78 is 11.5. The van der Waals surface area contributed by atoms with Gasteiger partial charge in [0, 0.05) is 32.1 Å². The largest absolute Gasteiger partial charge is 0.379 e. The average molecular weight is 507 g/mol. The molecule has 1 aliphatic heterocycles. The Morgan fingerprint density at radius 1 is 0.946 bits per heavy atom. The molecule has 0 bridgehead atoms. The Bertz CT molecular complexity index is 1110. The van der Waals surface area contributed by atoms with Gasteiger partial charge in [-0.05, 0) is 69.7 Å². The van der Waals surface area contributed by atoms with Crippen molar-refractivity contribution in [2.45, 2.75) is 77.5 Å². The number of amides is 2. The monoisotopic (exact) mass is 506 g/mol. The highest BCUT2D eigenvalue weighted by molar-refractivity contribution is 5.98. The second-order valence-corrected chi connectivity index (χ2v) is 11.0. The second kappa shape index (κ2) is 12.5. The summed E-state index contributed by atoms with van der Waals surface area (Å²) in [7, 11) is 1.70. The molecule has 0 saturated heterocycles. The number of hydrogen-bond acceptors (Lipinski definition) is 4. The Balaban J connectivity index is 1.54. The zero-order valence-electron chi connectivity index (χ0n) is 23.1. The molecule has 2 amide bonds. The zero-order chi connectivity index (χ0) is 27.1. The van der Waals surface area contributed by atoms with Crippen molar-refractivity contribution < 1.29 is 19.1 Å². The van der Waals surface area contributed by atoms with Gasteiger partial charge in [0.2, 0.25) is 11.8 Å². The van der Waals surface area contributed by atoms with Gasteiger partial charge in [-0.3, -0.25) is 9.59 Å². The third-order valence-corrected chi connectivity index (χ3v) is 7.09. The van der Waals surface area contributed by atoms with Gasteiger partial charge in [-0.2, -0.15) is 0 Å². The maximum Gasteiger partial charge on any atom is 0.227 e. The summed E-state index contributed by atoms with van der Waals surface area (Å²) in [6, 6.07) is 16.0.